The third kappa shape index (κ3) is 4.79. The number of anilines is 1. The highest BCUT2D eigenvalue weighted by Gasteiger charge is 2.22. The van der Waals surface area contributed by atoms with Crippen molar-refractivity contribution in [1.29, 1.82) is 5.26 Å². The van der Waals surface area contributed by atoms with Gasteiger partial charge >= 0.3 is 0 Å². The maximum atomic E-state index is 8.82. The van der Waals surface area contributed by atoms with Gasteiger partial charge < -0.3 is 15.0 Å². The second-order valence-electron chi connectivity index (χ2n) is 6.60. The number of rotatable bonds is 5. The number of aromatic nitrogens is 1. The van der Waals surface area contributed by atoms with Gasteiger partial charge in [0.2, 0.25) is 0 Å². The van der Waals surface area contributed by atoms with Crippen molar-refractivity contribution in [2.24, 2.45) is 0 Å². The molecule has 0 amide bonds. The highest BCUT2D eigenvalue weighted by molar-refractivity contribution is 5.40. The average molecular weight is 336 g/mol. The Morgan fingerprint density at radius 1 is 1.08 bits per heavy atom. The quantitative estimate of drug-likeness (QED) is 0.910. The molecule has 1 aromatic carbocycles. The molecule has 0 saturated carbocycles. The highest BCUT2D eigenvalue weighted by atomic mass is 16.5. The standard InChI is InChI=1S/C20H24N4O/c1-15-13-24(14-16(2)25-15)20-8-7-19(12-23-20)11-22-10-18-5-3-17(9-21)4-6-18/h3-8,12,15-16,22H,10-11,13-14H2,1-2H3/t15-,16-/m1/s1. The number of ether oxygens (including phenoxy) is 1. The molecule has 1 aliphatic rings. The normalized spacial score (nSPS) is 20.3. The highest BCUT2D eigenvalue weighted by Crippen LogP contribution is 2.18. The third-order valence-corrected chi connectivity index (χ3v) is 4.29. The first kappa shape index (κ1) is 17.4. The Hall–Kier alpha value is -2.42. The summed E-state index contributed by atoms with van der Waals surface area (Å²) in [4.78, 5) is 6.90. The van der Waals surface area contributed by atoms with Crippen molar-refractivity contribution in [3.63, 3.8) is 0 Å². The van der Waals surface area contributed by atoms with E-state index in [0.717, 1.165) is 37.6 Å². The van der Waals surface area contributed by atoms with Crippen molar-refractivity contribution in [3.8, 4) is 6.07 Å². The molecule has 1 saturated heterocycles. The Balaban J connectivity index is 1.51. The molecule has 25 heavy (non-hydrogen) atoms. The van der Waals surface area contributed by atoms with E-state index in [4.69, 9.17) is 10.00 Å². The summed E-state index contributed by atoms with van der Waals surface area (Å²) in [6.45, 7) is 7.50. The molecule has 3 rings (SSSR count). The van der Waals surface area contributed by atoms with E-state index in [9.17, 15) is 0 Å². The molecular weight excluding hydrogens is 312 g/mol. The zero-order valence-corrected chi connectivity index (χ0v) is 14.8. The van der Waals surface area contributed by atoms with Gasteiger partial charge in [-0.3, -0.25) is 0 Å². The SMILES string of the molecule is C[C@@H]1CN(c2ccc(CNCc3ccc(C#N)cc3)cn2)C[C@@H](C)O1. The molecule has 0 spiro atoms. The van der Waals surface area contributed by atoms with Gasteiger partial charge in [0.05, 0.1) is 23.8 Å². The Morgan fingerprint density at radius 2 is 1.72 bits per heavy atom. The number of hydrogen-bond donors (Lipinski definition) is 1. The summed E-state index contributed by atoms with van der Waals surface area (Å²) < 4.78 is 5.77. The fraction of sp³-hybridized carbons (Fsp3) is 0.400. The van der Waals surface area contributed by atoms with Crippen LogP contribution in [0.1, 0.15) is 30.5 Å². The van der Waals surface area contributed by atoms with Crippen LogP contribution in [0, 0.1) is 11.3 Å². The number of nitrogens with zero attached hydrogens (tertiary/aromatic N) is 3. The molecule has 5 nitrogen and oxygen atoms in total. The predicted molar refractivity (Wildman–Crippen MR) is 98.2 cm³/mol. The summed E-state index contributed by atoms with van der Waals surface area (Å²) in [6.07, 6.45) is 2.41. The molecule has 2 aromatic rings. The molecule has 2 atom stereocenters. The molecule has 0 radical (unpaired) electrons. The molecule has 0 bridgehead atoms. The fourth-order valence-electron chi connectivity index (χ4n) is 3.12. The van der Waals surface area contributed by atoms with E-state index < -0.39 is 0 Å². The van der Waals surface area contributed by atoms with E-state index in [1.54, 1.807) is 0 Å². The lowest BCUT2D eigenvalue weighted by molar-refractivity contribution is -0.00545. The molecule has 2 heterocycles. The number of nitrogens with one attached hydrogen (secondary N) is 1. The zero-order chi connectivity index (χ0) is 17.6. The van der Waals surface area contributed by atoms with Crippen molar-refractivity contribution in [2.75, 3.05) is 18.0 Å². The summed E-state index contributed by atoms with van der Waals surface area (Å²) in [5, 5.41) is 12.2. The molecule has 5 heteroatoms. The van der Waals surface area contributed by atoms with Gasteiger partial charge in [-0.1, -0.05) is 18.2 Å². The van der Waals surface area contributed by atoms with E-state index in [1.165, 1.54) is 5.56 Å². The molecule has 1 aliphatic heterocycles. The van der Waals surface area contributed by atoms with Crippen LogP contribution >= 0.6 is 0 Å². The van der Waals surface area contributed by atoms with E-state index in [-0.39, 0.29) is 12.2 Å². The zero-order valence-electron chi connectivity index (χ0n) is 14.8. The van der Waals surface area contributed by atoms with Crippen molar-refractivity contribution < 1.29 is 4.74 Å². The second-order valence-corrected chi connectivity index (χ2v) is 6.60. The second kappa shape index (κ2) is 8.11. The molecule has 1 aromatic heterocycles. The van der Waals surface area contributed by atoms with Crippen LogP contribution in [0.25, 0.3) is 0 Å². The van der Waals surface area contributed by atoms with Crippen LogP contribution < -0.4 is 10.2 Å². The predicted octanol–water partition coefficient (Wildman–Crippen LogP) is 2.86. The lowest BCUT2D eigenvalue weighted by Crippen LogP contribution is -2.45. The van der Waals surface area contributed by atoms with Crippen molar-refractivity contribution in [1.82, 2.24) is 10.3 Å². The summed E-state index contributed by atoms with van der Waals surface area (Å²) in [7, 11) is 0. The van der Waals surface area contributed by atoms with Gasteiger partial charge in [-0.25, -0.2) is 4.98 Å². The monoisotopic (exact) mass is 336 g/mol. The molecule has 1 fully saturated rings. The van der Waals surface area contributed by atoms with Gasteiger partial charge in [-0.2, -0.15) is 5.26 Å². The van der Waals surface area contributed by atoms with Crippen LogP contribution in [-0.2, 0) is 17.8 Å². The Labute approximate surface area is 149 Å². The van der Waals surface area contributed by atoms with E-state index in [1.807, 2.05) is 30.5 Å². The van der Waals surface area contributed by atoms with Crippen LogP contribution in [0.2, 0.25) is 0 Å². The van der Waals surface area contributed by atoms with Gasteiger partial charge in [-0.05, 0) is 43.2 Å². The largest absolute Gasteiger partial charge is 0.372 e. The van der Waals surface area contributed by atoms with Gasteiger partial charge in [0.15, 0.2) is 0 Å². The minimum atomic E-state index is 0.235. The first-order chi connectivity index (χ1) is 12.1. The maximum Gasteiger partial charge on any atom is 0.128 e. The Kier molecular flexibility index (Phi) is 5.64. The summed E-state index contributed by atoms with van der Waals surface area (Å²) in [5.74, 6) is 1.01. The Morgan fingerprint density at radius 3 is 2.32 bits per heavy atom. The van der Waals surface area contributed by atoms with Gasteiger partial charge in [0, 0.05) is 32.4 Å². The molecule has 130 valence electrons. The van der Waals surface area contributed by atoms with Crippen LogP contribution in [0.3, 0.4) is 0 Å². The molecule has 1 N–H and O–H groups in total. The summed E-state index contributed by atoms with van der Waals surface area (Å²) in [6, 6.07) is 14.0. The maximum absolute atomic E-state index is 8.82. The Bertz CT molecular complexity index is 711. The van der Waals surface area contributed by atoms with Gasteiger partial charge in [0.1, 0.15) is 5.82 Å². The van der Waals surface area contributed by atoms with E-state index >= 15 is 0 Å². The first-order valence-electron chi connectivity index (χ1n) is 8.69. The van der Waals surface area contributed by atoms with Gasteiger partial charge in [0.25, 0.3) is 0 Å². The van der Waals surface area contributed by atoms with E-state index in [0.29, 0.717) is 5.56 Å². The molecular formula is C20H24N4O. The van der Waals surface area contributed by atoms with Crippen LogP contribution in [0.15, 0.2) is 42.6 Å². The number of morpholine rings is 1. The van der Waals surface area contributed by atoms with Crippen molar-refractivity contribution in [3.05, 3.63) is 59.3 Å². The minimum absolute atomic E-state index is 0.235. The van der Waals surface area contributed by atoms with Gasteiger partial charge in [-0.15, -0.1) is 0 Å². The topological polar surface area (TPSA) is 61.2 Å². The lowest BCUT2D eigenvalue weighted by Gasteiger charge is -2.36. The summed E-state index contributed by atoms with van der Waals surface area (Å²) >= 11 is 0. The molecule has 0 aliphatic carbocycles. The van der Waals surface area contributed by atoms with Crippen LogP contribution in [0.5, 0.6) is 0 Å². The first-order valence-corrected chi connectivity index (χ1v) is 8.69. The van der Waals surface area contributed by atoms with Crippen LogP contribution in [-0.4, -0.2) is 30.3 Å². The van der Waals surface area contributed by atoms with Crippen molar-refractivity contribution >= 4 is 5.82 Å². The van der Waals surface area contributed by atoms with E-state index in [2.05, 4.69) is 47.3 Å². The number of benzene rings is 1. The fourth-order valence-corrected chi connectivity index (χ4v) is 3.12. The van der Waals surface area contributed by atoms with Crippen LogP contribution in [0.4, 0.5) is 5.82 Å². The average Bonchev–Trinajstić information content (AvgIpc) is 2.62. The smallest absolute Gasteiger partial charge is 0.128 e. The lowest BCUT2D eigenvalue weighted by atomic mass is 10.1. The number of nitriles is 1. The van der Waals surface area contributed by atoms with Crippen molar-refractivity contribution in [2.45, 2.75) is 39.1 Å². The third-order valence-electron chi connectivity index (χ3n) is 4.29. The number of pyridine rings is 1. The minimum Gasteiger partial charge on any atom is -0.372 e. The summed E-state index contributed by atoms with van der Waals surface area (Å²) in [5.41, 5.74) is 3.02. The number of hydrogen-bond acceptors (Lipinski definition) is 5. The molecule has 0 unspecified atom stereocenters.